The fraction of sp³-hybridized carbons (Fsp3) is 0.613. The summed E-state index contributed by atoms with van der Waals surface area (Å²) < 4.78 is 0. The van der Waals surface area contributed by atoms with Crippen LogP contribution in [0.5, 0.6) is 0 Å². The van der Waals surface area contributed by atoms with Gasteiger partial charge in [-0.1, -0.05) is 192 Å². The lowest BCUT2D eigenvalue weighted by molar-refractivity contribution is -0.115. The van der Waals surface area contributed by atoms with Gasteiger partial charge in [0.15, 0.2) is 0 Å². The first-order chi connectivity index (χ1) is 46.2. The van der Waals surface area contributed by atoms with Gasteiger partial charge in [-0.3, -0.25) is 0 Å². The van der Waals surface area contributed by atoms with Crippen LogP contribution in [-0.2, 0) is 0 Å². The topological polar surface area (TPSA) is 9.72 Å². The van der Waals surface area contributed by atoms with Crippen LogP contribution in [0.2, 0.25) is 0 Å². The molecule has 0 aromatic heterocycles. The summed E-state index contributed by atoms with van der Waals surface area (Å²) in [5.41, 5.74) is 12.8. The summed E-state index contributed by atoms with van der Waals surface area (Å²) in [7, 11) is 13.7. The van der Waals surface area contributed by atoms with Crippen molar-refractivity contribution < 1.29 is 0 Å². The van der Waals surface area contributed by atoms with Crippen LogP contribution in [0, 0.1) is 91.7 Å². The summed E-state index contributed by atoms with van der Waals surface area (Å²) in [4.78, 5) is 7.44. The lowest BCUT2D eigenvalue weighted by atomic mass is 9.44. The number of benzene rings is 6. The van der Waals surface area contributed by atoms with Crippen LogP contribution in [0.3, 0.4) is 0 Å². The van der Waals surface area contributed by atoms with Gasteiger partial charge in [0.05, 0.1) is 0 Å². The summed E-state index contributed by atoms with van der Waals surface area (Å²) >= 11 is 0. The maximum atomic E-state index is 2.73. The molecule has 0 amide bonds. The first kappa shape index (κ1) is 65.8. The molecular formula is C93H123N3. The van der Waals surface area contributed by atoms with Crippen LogP contribution in [-0.4, -0.2) is 75.1 Å². The van der Waals surface area contributed by atoms with Gasteiger partial charge >= 0.3 is 0 Å². The highest BCUT2D eigenvalue weighted by atomic mass is 15.1. The third-order valence-corrected chi connectivity index (χ3v) is 33.0. The van der Waals surface area contributed by atoms with Gasteiger partial charge in [0.2, 0.25) is 0 Å². The van der Waals surface area contributed by atoms with Crippen molar-refractivity contribution in [3.8, 4) is 0 Å². The van der Waals surface area contributed by atoms with Crippen molar-refractivity contribution in [1.82, 2.24) is 14.7 Å². The van der Waals surface area contributed by atoms with E-state index in [9.17, 15) is 0 Å². The molecule has 0 radical (unpaired) electrons. The van der Waals surface area contributed by atoms with Gasteiger partial charge in [0.25, 0.3) is 0 Å². The summed E-state index contributed by atoms with van der Waals surface area (Å²) in [6.45, 7) is 16.0. The maximum absolute atomic E-state index is 2.73. The lowest BCUT2D eigenvalue weighted by Crippen LogP contribution is -2.54. The molecule has 0 heterocycles. The summed E-state index contributed by atoms with van der Waals surface area (Å²) in [6, 6.07) is 50.8. The Kier molecular flexibility index (Phi) is 17.2. The molecule has 0 aliphatic heterocycles. The van der Waals surface area contributed by atoms with Crippen molar-refractivity contribution in [3.63, 3.8) is 0 Å². The van der Waals surface area contributed by atoms with Gasteiger partial charge in [-0.2, -0.15) is 0 Å². The van der Waals surface area contributed by atoms with E-state index in [2.05, 4.69) is 244 Å². The smallest absolute Gasteiger partial charge is 0.0127 e. The minimum absolute atomic E-state index is 0.339. The van der Waals surface area contributed by atoms with Crippen LogP contribution in [0.15, 0.2) is 157 Å². The SMILES string of the molecule is CN(C)[C@H]1CC[C@@]2(C)C(=CC[C@@H]3[C@@H]2CC[C@]2(C)C(c4ccc5ccccc5c4)=CC[C@@H]32)C1.CN(C)[C@H]1CC[C@@]2(C)C(=CC[C@H]3[C@@H]4CC[C@H](c5ccc6ccccc6c5)[C@@]4(C)CC[C@@H]32)C1.CN(C)[C@H]1CC[C@@]2(C)[C@@H](CC[C@@H]3[C@@H]2CC[C@]2(C)[C@@H](c4ccc5ccccc5c4)CC[C@@H]32)C1. The van der Waals surface area contributed by atoms with Crippen LogP contribution in [0.4, 0.5) is 0 Å². The Morgan fingerprint density at radius 3 is 1.28 bits per heavy atom. The Morgan fingerprint density at radius 1 is 0.323 bits per heavy atom. The van der Waals surface area contributed by atoms with Gasteiger partial charge in [-0.25, -0.2) is 0 Å². The molecule has 0 saturated heterocycles. The fourth-order valence-electron chi connectivity index (χ4n) is 27.2. The second-order valence-electron chi connectivity index (χ2n) is 37.2. The number of nitrogens with zero attached hydrogens (tertiary/aromatic N) is 3. The van der Waals surface area contributed by atoms with E-state index in [0.29, 0.717) is 32.5 Å². The molecule has 9 fully saturated rings. The highest BCUT2D eigenvalue weighted by molar-refractivity contribution is 5.88. The van der Waals surface area contributed by atoms with Crippen LogP contribution >= 0.6 is 0 Å². The highest BCUT2D eigenvalue weighted by Crippen LogP contribution is 2.72. The van der Waals surface area contributed by atoms with Crippen molar-refractivity contribution in [2.75, 3.05) is 42.3 Å². The van der Waals surface area contributed by atoms with Crippen molar-refractivity contribution in [2.45, 2.75) is 226 Å². The Balaban J connectivity index is 0.000000113. The number of hydrogen-bond donors (Lipinski definition) is 0. The van der Waals surface area contributed by atoms with E-state index in [4.69, 9.17) is 0 Å². The molecule has 6 aromatic rings. The third-order valence-electron chi connectivity index (χ3n) is 33.0. The van der Waals surface area contributed by atoms with E-state index in [1.165, 1.54) is 192 Å². The average molecular weight is 1280 g/mol. The first-order valence-electron chi connectivity index (χ1n) is 39.8. The van der Waals surface area contributed by atoms with Crippen molar-refractivity contribution >= 4 is 37.9 Å². The van der Waals surface area contributed by atoms with E-state index in [1.807, 2.05) is 5.57 Å². The van der Waals surface area contributed by atoms with E-state index in [0.717, 1.165) is 89.1 Å². The van der Waals surface area contributed by atoms with Gasteiger partial charge in [-0.15, -0.1) is 0 Å². The molecule has 3 nitrogen and oxygen atoms in total. The summed E-state index contributed by atoms with van der Waals surface area (Å²) in [6.07, 6.45) is 41.8. The Bertz CT molecular complexity index is 3900. The molecule has 0 bridgehead atoms. The van der Waals surface area contributed by atoms with Crippen molar-refractivity contribution in [2.24, 2.45) is 91.7 Å². The molecule has 6 aromatic carbocycles. The molecule has 3 heteroatoms. The summed E-state index contributed by atoms with van der Waals surface area (Å²) in [5.74, 6) is 10.6. The standard InChI is InChI=1S/C31H43N.C31H41N.C31H39N/c3*1-30-17-15-25(32(3)4)20-24(30)11-12-26-28-14-13-27(31(28,2)18-16-29(26)30)23-10-9-21-7-5-6-8-22(21)19-23/h5-10,19,24-29H,11-18,20H2,1-4H3;5-11,19,25-29H,12-18,20H2,1-4H3;5-11,13,19,25-26,28-29H,12,14-18,20H2,1-4H3/t24-,25-,26-,27+,28-,29-,30-,31+;25-,26-,27+,28-,29-,30-,31+;25-,26-,28-,29-,30-,31+/m000/s1. The minimum atomic E-state index is 0.339. The van der Waals surface area contributed by atoms with Crippen molar-refractivity contribution in [1.29, 1.82) is 0 Å². The maximum Gasteiger partial charge on any atom is 0.0127 e. The normalized spacial score (nSPS) is 41.2. The molecule has 21 atom stereocenters. The Labute approximate surface area is 582 Å². The fourth-order valence-corrected chi connectivity index (χ4v) is 27.2. The minimum Gasteiger partial charge on any atom is -0.306 e. The number of allylic oxidation sites excluding steroid dienone is 4. The quantitative estimate of drug-likeness (QED) is 0.154. The molecular weight excluding hydrogens is 1160 g/mol. The van der Waals surface area contributed by atoms with Crippen molar-refractivity contribution in [3.05, 3.63) is 173 Å². The van der Waals surface area contributed by atoms with Gasteiger partial charge in [-0.05, 0) is 361 Å². The van der Waals surface area contributed by atoms with Crippen LogP contribution in [0.25, 0.3) is 37.9 Å². The third kappa shape index (κ3) is 10.8. The summed E-state index contributed by atoms with van der Waals surface area (Å²) in [5, 5.41) is 8.34. The monoisotopic (exact) mass is 1280 g/mol. The predicted molar refractivity (Wildman–Crippen MR) is 408 cm³/mol. The molecule has 9 saturated carbocycles. The van der Waals surface area contributed by atoms with Crippen LogP contribution in [0.1, 0.15) is 224 Å². The molecule has 12 aliphatic rings. The molecule has 510 valence electrons. The van der Waals surface area contributed by atoms with E-state index >= 15 is 0 Å². The number of rotatable bonds is 6. The van der Waals surface area contributed by atoms with Gasteiger partial charge < -0.3 is 14.7 Å². The number of fused-ring (bicyclic) bond motifs is 18. The Morgan fingerprint density at radius 2 is 0.750 bits per heavy atom. The number of hydrogen-bond acceptors (Lipinski definition) is 3. The largest absolute Gasteiger partial charge is 0.306 e. The second-order valence-corrected chi connectivity index (χ2v) is 37.2. The molecule has 0 spiro atoms. The zero-order chi connectivity index (χ0) is 66.3. The zero-order valence-corrected chi connectivity index (χ0v) is 61.8. The molecule has 0 unspecified atom stereocenters. The average Bonchev–Trinajstić information content (AvgIpc) is 1.29. The van der Waals surface area contributed by atoms with Crippen LogP contribution < -0.4 is 0 Å². The zero-order valence-electron chi connectivity index (χ0n) is 61.8. The van der Waals surface area contributed by atoms with Gasteiger partial charge in [0, 0.05) is 18.1 Å². The Hall–Kier alpha value is -4.80. The van der Waals surface area contributed by atoms with E-state index < -0.39 is 0 Å². The predicted octanol–water partition coefficient (Wildman–Crippen LogP) is 23.4. The highest BCUT2D eigenvalue weighted by Gasteiger charge is 2.63. The molecule has 0 N–H and O–H groups in total. The van der Waals surface area contributed by atoms with E-state index in [1.54, 1.807) is 22.3 Å². The second kappa shape index (κ2) is 25.1. The first-order valence-corrected chi connectivity index (χ1v) is 39.8. The van der Waals surface area contributed by atoms with Gasteiger partial charge in [0.1, 0.15) is 0 Å². The molecule has 18 rings (SSSR count). The lowest BCUT2D eigenvalue weighted by Gasteiger charge is -2.61. The molecule has 12 aliphatic carbocycles. The molecule has 96 heavy (non-hydrogen) atoms. The van der Waals surface area contributed by atoms with E-state index in [-0.39, 0.29) is 0 Å².